The Labute approximate surface area is 186 Å². The Balaban J connectivity index is 1.25. The van der Waals surface area contributed by atoms with Gasteiger partial charge in [-0.05, 0) is 38.0 Å². The molecule has 1 aromatic carbocycles. The average molecular weight is 456 g/mol. The SMILES string of the molecule is Cc1sc2ncn(CC(=O)NCCCC(=O)Nc3nc4ccccc4s3)c(=O)c2c1C. The van der Waals surface area contributed by atoms with E-state index in [-0.39, 0.29) is 30.3 Å². The molecule has 4 aromatic rings. The van der Waals surface area contributed by atoms with Crippen LogP contribution in [0.15, 0.2) is 35.4 Å². The van der Waals surface area contributed by atoms with Gasteiger partial charge in [0, 0.05) is 17.8 Å². The van der Waals surface area contributed by atoms with Gasteiger partial charge in [0.05, 0.1) is 21.9 Å². The zero-order chi connectivity index (χ0) is 22.0. The standard InChI is InChI=1S/C21H21N5O3S2/c1-12-13(2)30-19-18(12)20(29)26(11-23-19)10-17(28)22-9-5-8-16(27)25-21-24-14-6-3-4-7-15(14)31-21/h3-4,6-7,11H,5,8-10H2,1-2H3,(H,22,28)(H,24,25,27). The van der Waals surface area contributed by atoms with E-state index in [1.54, 1.807) is 0 Å². The van der Waals surface area contributed by atoms with Crippen LogP contribution in [0.2, 0.25) is 0 Å². The summed E-state index contributed by atoms with van der Waals surface area (Å²) in [5.74, 6) is -0.443. The molecule has 8 nitrogen and oxygen atoms in total. The molecule has 2 amide bonds. The van der Waals surface area contributed by atoms with Crippen LogP contribution in [0.4, 0.5) is 5.13 Å². The van der Waals surface area contributed by atoms with E-state index in [0.29, 0.717) is 28.3 Å². The second-order valence-electron chi connectivity index (χ2n) is 7.13. The lowest BCUT2D eigenvalue weighted by atomic mass is 10.2. The summed E-state index contributed by atoms with van der Waals surface area (Å²) in [5.41, 5.74) is 1.55. The van der Waals surface area contributed by atoms with Crippen molar-refractivity contribution in [1.82, 2.24) is 19.9 Å². The summed E-state index contributed by atoms with van der Waals surface area (Å²) in [4.78, 5) is 47.4. The van der Waals surface area contributed by atoms with Crippen LogP contribution in [-0.2, 0) is 16.1 Å². The lowest BCUT2D eigenvalue weighted by molar-refractivity contribution is -0.122. The number of hydrogen-bond acceptors (Lipinski definition) is 7. The summed E-state index contributed by atoms with van der Waals surface area (Å²) in [5, 5.41) is 6.68. The second-order valence-corrected chi connectivity index (χ2v) is 9.36. The van der Waals surface area contributed by atoms with Crippen LogP contribution >= 0.6 is 22.7 Å². The highest BCUT2D eigenvalue weighted by Gasteiger charge is 2.14. The minimum atomic E-state index is -0.292. The molecular weight excluding hydrogens is 434 g/mol. The number of rotatable bonds is 7. The number of aromatic nitrogens is 3. The third-order valence-corrected chi connectivity index (χ3v) is 6.98. The van der Waals surface area contributed by atoms with Crippen molar-refractivity contribution in [3.05, 3.63) is 51.4 Å². The van der Waals surface area contributed by atoms with Crippen LogP contribution in [-0.4, -0.2) is 32.9 Å². The first-order valence-electron chi connectivity index (χ1n) is 9.79. The number of nitrogens with zero attached hydrogens (tertiary/aromatic N) is 3. The summed E-state index contributed by atoms with van der Waals surface area (Å²) in [7, 11) is 0. The van der Waals surface area contributed by atoms with Crippen molar-refractivity contribution < 1.29 is 9.59 Å². The van der Waals surface area contributed by atoms with Crippen molar-refractivity contribution in [3.8, 4) is 0 Å². The first-order valence-corrected chi connectivity index (χ1v) is 11.4. The third kappa shape index (κ3) is 4.64. The first-order chi connectivity index (χ1) is 14.9. The van der Waals surface area contributed by atoms with Crippen molar-refractivity contribution in [1.29, 1.82) is 0 Å². The van der Waals surface area contributed by atoms with E-state index in [4.69, 9.17) is 0 Å². The van der Waals surface area contributed by atoms with Gasteiger partial charge in [0.25, 0.3) is 5.56 Å². The molecule has 4 rings (SSSR count). The maximum atomic E-state index is 12.6. The molecule has 31 heavy (non-hydrogen) atoms. The molecule has 160 valence electrons. The van der Waals surface area contributed by atoms with Crippen LogP contribution in [0, 0.1) is 13.8 Å². The maximum absolute atomic E-state index is 12.6. The lowest BCUT2D eigenvalue weighted by Gasteiger charge is -2.07. The smallest absolute Gasteiger partial charge is 0.262 e. The van der Waals surface area contributed by atoms with Gasteiger partial charge < -0.3 is 10.6 Å². The van der Waals surface area contributed by atoms with Crippen molar-refractivity contribution >= 4 is 60.1 Å². The summed E-state index contributed by atoms with van der Waals surface area (Å²) < 4.78 is 2.33. The Bertz CT molecular complexity index is 1310. The van der Waals surface area contributed by atoms with Crippen molar-refractivity contribution in [2.45, 2.75) is 33.2 Å². The topological polar surface area (TPSA) is 106 Å². The normalized spacial score (nSPS) is 11.2. The lowest BCUT2D eigenvalue weighted by Crippen LogP contribution is -2.33. The number of thiazole rings is 1. The molecule has 0 saturated carbocycles. The van der Waals surface area contributed by atoms with E-state index in [0.717, 1.165) is 20.7 Å². The highest BCUT2D eigenvalue weighted by Crippen LogP contribution is 2.26. The largest absolute Gasteiger partial charge is 0.355 e. The van der Waals surface area contributed by atoms with Gasteiger partial charge in [0.2, 0.25) is 11.8 Å². The molecule has 0 bridgehead atoms. The zero-order valence-corrected chi connectivity index (χ0v) is 18.7. The average Bonchev–Trinajstić information content (AvgIpc) is 3.27. The van der Waals surface area contributed by atoms with E-state index in [2.05, 4.69) is 20.6 Å². The van der Waals surface area contributed by atoms with Crippen molar-refractivity contribution in [2.24, 2.45) is 0 Å². The number of amides is 2. The number of thiophene rings is 1. The zero-order valence-electron chi connectivity index (χ0n) is 17.1. The van der Waals surface area contributed by atoms with Crippen LogP contribution < -0.4 is 16.2 Å². The molecule has 0 unspecified atom stereocenters. The summed E-state index contributed by atoms with van der Waals surface area (Å²) in [6, 6.07) is 7.69. The van der Waals surface area contributed by atoms with Gasteiger partial charge in [-0.3, -0.25) is 19.0 Å². The second kappa shape index (κ2) is 8.94. The van der Waals surface area contributed by atoms with E-state index < -0.39 is 0 Å². The molecule has 0 spiro atoms. The number of fused-ring (bicyclic) bond motifs is 2. The highest BCUT2D eigenvalue weighted by atomic mass is 32.1. The molecule has 3 aromatic heterocycles. The van der Waals surface area contributed by atoms with Crippen molar-refractivity contribution in [3.63, 3.8) is 0 Å². The molecular formula is C21H21N5O3S2. The minimum absolute atomic E-state index is 0.103. The molecule has 0 atom stereocenters. The predicted octanol–water partition coefficient (Wildman–Crippen LogP) is 3.22. The fraction of sp³-hybridized carbons (Fsp3) is 0.286. The number of hydrogen-bond donors (Lipinski definition) is 2. The Kier molecular flexibility index (Phi) is 6.10. The number of nitrogens with one attached hydrogen (secondary N) is 2. The number of carbonyl (C=O) groups is 2. The van der Waals surface area contributed by atoms with Crippen LogP contribution in [0.3, 0.4) is 0 Å². The first kappa shape index (κ1) is 21.1. The van der Waals surface area contributed by atoms with Gasteiger partial charge >= 0.3 is 0 Å². The van der Waals surface area contributed by atoms with Gasteiger partial charge in [-0.1, -0.05) is 23.5 Å². The fourth-order valence-electron chi connectivity index (χ4n) is 3.18. The predicted molar refractivity (Wildman–Crippen MR) is 124 cm³/mol. The molecule has 3 heterocycles. The fourth-order valence-corrected chi connectivity index (χ4v) is 5.05. The Morgan fingerprint density at radius 2 is 1.94 bits per heavy atom. The summed E-state index contributed by atoms with van der Waals surface area (Å²) in [6.07, 6.45) is 2.15. The van der Waals surface area contributed by atoms with E-state index in [1.165, 1.54) is 33.6 Å². The van der Waals surface area contributed by atoms with Gasteiger partial charge in [-0.25, -0.2) is 9.97 Å². The van der Waals surface area contributed by atoms with E-state index in [1.807, 2.05) is 38.1 Å². The molecule has 0 aliphatic carbocycles. The van der Waals surface area contributed by atoms with E-state index >= 15 is 0 Å². The van der Waals surface area contributed by atoms with E-state index in [9.17, 15) is 14.4 Å². The molecule has 0 aliphatic rings. The Hall–Kier alpha value is -3.11. The molecule has 0 fully saturated rings. The van der Waals surface area contributed by atoms with Gasteiger partial charge in [-0.15, -0.1) is 11.3 Å². The number of carbonyl (C=O) groups excluding carboxylic acids is 2. The number of aryl methyl sites for hydroxylation is 2. The molecule has 0 aliphatic heterocycles. The number of benzene rings is 1. The molecule has 10 heteroatoms. The summed E-state index contributed by atoms with van der Waals surface area (Å²) >= 11 is 2.90. The number of anilines is 1. The molecule has 0 radical (unpaired) electrons. The van der Waals surface area contributed by atoms with Crippen LogP contribution in [0.1, 0.15) is 23.3 Å². The monoisotopic (exact) mass is 455 g/mol. The maximum Gasteiger partial charge on any atom is 0.262 e. The Morgan fingerprint density at radius 1 is 1.13 bits per heavy atom. The molecule has 2 N–H and O–H groups in total. The highest BCUT2D eigenvalue weighted by molar-refractivity contribution is 7.22. The third-order valence-electron chi connectivity index (χ3n) is 4.91. The summed E-state index contributed by atoms with van der Waals surface area (Å²) in [6.45, 7) is 4.08. The van der Waals surface area contributed by atoms with Gasteiger partial charge in [0.1, 0.15) is 11.4 Å². The Morgan fingerprint density at radius 3 is 2.74 bits per heavy atom. The van der Waals surface area contributed by atoms with Crippen LogP contribution in [0.25, 0.3) is 20.4 Å². The molecule has 0 saturated heterocycles. The minimum Gasteiger partial charge on any atom is -0.355 e. The quantitative estimate of drug-likeness (QED) is 0.416. The van der Waals surface area contributed by atoms with Crippen molar-refractivity contribution in [2.75, 3.05) is 11.9 Å². The van der Waals surface area contributed by atoms with Gasteiger partial charge in [-0.2, -0.15) is 0 Å². The van der Waals surface area contributed by atoms with Gasteiger partial charge in [0.15, 0.2) is 5.13 Å². The number of para-hydroxylation sites is 1. The van der Waals surface area contributed by atoms with Crippen LogP contribution in [0.5, 0.6) is 0 Å².